The lowest BCUT2D eigenvalue weighted by Gasteiger charge is -2.05. The maximum atomic E-state index is 11.8. The fraction of sp³-hybridized carbons (Fsp3) is 0.143. The van der Waals surface area contributed by atoms with Crippen LogP contribution in [0.25, 0.3) is 0 Å². The predicted octanol–water partition coefficient (Wildman–Crippen LogP) is 2.29. The predicted molar refractivity (Wildman–Crippen MR) is 76.5 cm³/mol. The van der Waals surface area contributed by atoms with Crippen molar-refractivity contribution in [1.29, 1.82) is 0 Å². The van der Waals surface area contributed by atoms with Crippen LogP contribution >= 0.6 is 11.3 Å². The molecule has 1 aromatic heterocycles. The Bertz CT molecular complexity index is 562. The average Bonchev–Trinajstić information content (AvgIpc) is 2.95. The van der Waals surface area contributed by atoms with Crippen LogP contribution in [0, 0.1) is 0 Å². The van der Waals surface area contributed by atoms with Crippen LogP contribution in [0.4, 0.5) is 5.69 Å². The fourth-order valence-electron chi connectivity index (χ4n) is 1.58. The lowest BCUT2D eigenvalue weighted by atomic mass is 10.1. The normalized spacial score (nSPS) is 9.95. The molecule has 0 saturated carbocycles. The van der Waals surface area contributed by atoms with E-state index in [9.17, 15) is 9.59 Å². The summed E-state index contributed by atoms with van der Waals surface area (Å²) in [5.41, 5.74) is 1.63. The van der Waals surface area contributed by atoms with E-state index in [4.69, 9.17) is 0 Å². The van der Waals surface area contributed by atoms with Gasteiger partial charge in [0.05, 0.1) is 11.3 Å². The van der Waals surface area contributed by atoms with Crippen molar-refractivity contribution < 1.29 is 9.59 Å². The van der Waals surface area contributed by atoms with Gasteiger partial charge in [-0.1, -0.05) is 18.2 Å². The SMILES string of the molecule is CNC(=O)Cc1ccc(NC(=O)c2cccs2)cc1. The fourth-order valence-corrected chi connectivity index (χ4v) is 2.20. The van der Waals surface area contributed by atoms with E-state index in [1.165, 1.54) is 11.3 Å². The number of hydrogen-bond donors (Lipinski definition) is 2. The Morgan fingerprint density at radius 2 is 1.89 bits per heavy atom. The minimum atomic E-state index is -0.117. The number of rotatable bonds is 4. The Labute approximate surface area is 115 Å². The lowest BCUT2D eigenvalue weighted by Crippen LogP contribution is -2.19. The van der Waals surface area contributed by atoms with Crippen LogP contribution in [-0.4, -0.2) is 18.9 Å². The molecule has 0 bridgehead atoms. The van der Waals surface area contributed by atoms with Gasteiger partial charge in [0.25, 0.3) is 5.91 Å². The first-order valence-corrected chi connectivity index (χ1v) is 6.71. The Morgan fingerprint density at radius 1 is 1.16 bits per heavy atom. The standard InChI is InChI=1S/C14H14N2O2S/c1-15-13(17)9-10-4-6-11(7-5-10)16-14(18)12-3-2-8-19-12/h2-8H,9H2,1H3,(H,15,17)(H,16,18). The molecule has 0 fully saturated rings. The van der Waals surface area contributed by atoms with Crippen molar-refractivity contribution in [2.75, 3.05) is 12.4 Å². The molecule has 0 radical (unpaired) electrons. The van der Waals surface area contributed by atoms with Crippen molar-refractivity contribution in [3.8, 4) is 0 Å². The first kappa shape index (κ1) is 13.3. The number of hydrogen-bond acceptors (Lipinski definition) is 3. The zero-order valence-electron chi connectivity index (χ0n) is 10.5. The van der Waals surface area contributed by atoms with Crippen LogP contribution in [0.5, 0.6) is 0 Å². The molecule has 19 heavy (non-hydrogen) atoms. The molecule has 1 heterocycles. The topological polar surface area (TPSA) is 58.2 Å². The van der Waals surface area contributed by atoms with Gasteiger partial charge in [-0.2, -0.15) is 0 Å². The summed E-state index contributed by atoms with van der Waals surface area (Å²) in [6.45, 7) is 0. The minimum Gasteiger partial charge on any atom is -0.359 e. The quantitative estimate of drug-likeness (QED) is 0.898. The second-order valence-corrected chi connectivity index (χ2v) is 4.93. The van der Waals surface area contributed by atoms with Crippen molar-refractivity contribution >= 4 is 28.8 Å². The summed E-state index contributed by atoms with van der Waals surface area (Å²) in [5, 5.41) is 7.24. The monoisotopic (exact) mass is 274 g/mol. The Morgan fingerprint density at radius 3 is 2.47 bits per heavy atom. The summed E-state index contributed by atoms with van der Waals surface area (Å²) in [6, 6.07) is 10.9. The number of anilines is 1. The van der Waals surface area contributed by atoms with Gasteiger partial charge in [0.2, 0.25) is 5.91 Å². The van der Waals surface area contributed by atoms with Gasteiger partial charge in [-0.25, -0.2) is 0 Å². The maximum absolute atomic E-state index is 11.8. The second-order valence-electron chi connectivity index (χ2n) is 3.98. The molecule has 1 aromatic carbocycles. The highest BCUT2D eigenvalue weighted by Gasteiger charge is 2.07. The zero-order chi connectivity index (χ0) is 13.7. The highest BCUT2D eigenvalue weighted by Crippen LogP contribution is 2.14. The molecule has 0 spiro atoms. The molecule has 0 aliphatic rings. The largest absolute Gasteiger partial charge is 0.359 e. The van der Waals surface area contributed by atoms with E-state index in [0.29, 0.717) is 11.3 Å². The Kier molecular flexibility index (Phi) is 4.30. The third-order valence-corrected chi connectivity index (χ3v) is 3.47. The third kappa shape index (κ3) is 3.66. The summed E-state index contributed by atoms with van der Waals surface area (Å²) in [4.78, 5) is 23.7. The molecule has 0 unspecified atom stereocenters. The summed E-state index contributed by atoms with van der Waals surface area (Å²) in [7, 11) is 1.61. The molecule has 4 nitrogen and oxygen atoms in total. The zero-order valence-corrected chi connectivity index (χ0v) is 11.3. The second kappa shape index (κ2) is 6.15. The van der Waals surface area contributed by atoms with Crippen LogP contribution in [0.2, 0.25) is 0 Å². The highest BCUT2D eigenvalue weighted by molar-refractivity contribution is 7.12. The van der Waals surface area contributed by atoms with E-state index in [1.54, 1.807) is 25.2 Å². The van der Waals surface area contributed by atoms with E-state index in [-0.39, 0.29) is 11.8 Å². The van der Waals surface area contributed by atoms with Crippen molar-refractivity contribution in [3.63, 3.8) is 0 Å². The maximum Gasteiger partial charge on any atom is 0.265 e. The van der Waals surface area contributed by atoms with Gasteiger partial charge in [-0.3, -0.25) is 9.59 Å². The number of likely N-dealkylation sites (N-methyl/N-ethyl adjacent to an activating group) is 1. The van der Waals surface area contributed by atoms with Crippen molar-refractivity contribution in [2.45, 2.75) is 6.42 Å². The molecule has 2 aromatic rings. The van der Waals surface area contributed by atoms with Gasteiger partial charge in [-0.15, -0.1) is 11.3 Å². The number of thiophene rings is 1. The van der Waals surface area contributed by atoms with Gasteiger partial charge >= 0.3 is 0 Å². The average molecular weight is 274 g/mol. The van der Waals surface area contributed by atoms with Gasteiger partial charge in [0, 0.05) is 12.7 Å². The first-order chi connectivity index (χ1) is 9.19. The van der Waals surface area contributed by atoms with Crippen LogP contribution in [0.1, 0.15) is 15.2 Å². The van der Waals surface area contributed by atoms with E-state index in [0.717, 1.165) is 11.3 Å². The van der Waals surface area contributed by atoms with Gasteiger partial charge in [0.15, 0.2) is 0 Å². The molecule has 2 N–H and O–H groups in total. The number of nitrogens with one attached hydrogen (secondary N) is 2. The summed E-state index contributed by atoms with van der Waals surface area (Å²) in [6.07, 6.45) is 0.343. The number of carbonyl (C=O) groups is 2. The number of amides is 2. The smallest absolute Gasteiger partial charge is 0.265 e. The molecular formula is C14H14N2O2S. The molecule has 0 aliphatic carbocycles. The highest BCUT2D eigenvalue weighted by atomic mass is 32.1. The van der Waals surface area contributed by atoms with Crippen LogP contribution in [0.3, 0.4) is 0 Å². The molecule has 98 valence electrons. The van der Waals surface area contributed by atoms with Crippen molar-refractivity contribution in [3.05, 3.63) is 52.2 Å². The molecule has 0 aliphatic heterocycles. The van der Waals surface area contributed by atoms with Gasteiger partial charge in [0.1, 0.15) is 0 Å². The number of benzene rings is 1. The Balaban J connectivity index is 1.99. The van der Waals surface area contributed by atoms with Crippen LogP contribution < -0.4 is 10.6 Å². The van der Waals surface area contributed by atoms with E-state index in [1.807, 2.05) is 23.6 Å². The minimum absolute atomic E-state index is 0.0321. The summed E-state index contributed by atoms with van der Waals surface area (Å²) in [5.74, 6) is -0.149. The Hall–Kier alpha value is -2.14. The summed E-state index contributed by atoms with van der Waals surface area (Å²) < 4.78 is 0. The third-order valence-electron chi connectivity index (χ3n) is 2.60. The van der Waals surface area contributed by atoms with Crippen molar-refractivity contribution in [2.24, 2.45) is 0 Å². The molecule has 0 atom stereocenters. The van der Waals surface area contributed by atoms with Gasteiger partial charge in [-0.05, 0) is 29.1 Å². The molecule has 2 amide bonds. The lowest BCUT2D eigenvalue weighted by molar-refractivity contribution is -0.119. The first-order valence-electron chi connectivity index (χ1n) is 5.83. The van der Waals surface area contributed by atoms with E-state index < -0.39 is 0 Å². The van der Waals surface area contributed by atoms with Gasteiger partial charge < -0.3 is 10.6 Å². The molecule has 2 rings (SSSR count). The molecule has 5 heteroatoms. The van der Waals surface area contributed by atoms with Crippen LogP contribution in [0.15, 0.2) is 41.8 Å². The number of carbonyl (C=O) groups excluding carboxylic acids is 2. The van der Waals surface area contributed by atoms with Crippen molar-refractivity contribution in [1.82, 2.24) is 5.32 Å². The van der Waals surface area contributed by atoms with Crippen LogP contribution in [-0.2, 0) is 11.2 Å². The summed E-state index contributed by atoms with van der Waals surface area (Å²) >= 11 is 1.40. The van der Waals surface area contributed by atoms with E-state index >= 15 is 0 Å². The molecular weight excluding hydrogens is 260 g/mol. The molecule has 0 saturated heterocycles. The van der Waals surface area contributed by atoms with E-state index in [2.05, 4.69) is 10.6 Å².